The van der Waals surface area contributed by atoms with E-state index in [1.54, 1.807) is 0 Å². The Morgan fingerprint density at radius 1 is 0.345 bits per heavy atom. The van der Waals surface area contributed by atoms with Gasteiger partial charge in [0.25, 0.3) is 0 Å². The van der Waals surface area contributed by atoms with Gasteiger partial charge >= 0.3 is 0 Å². The van der Waals surface area contributed by atoms with Gasteiger partial charge in [-0.2, -0.15) is 0 Å². The van der Waals surface area contributed by atoms with Gasteiger partial charge in [0.2, 0.25) is 0 Å². The van der Waals surface area contributed by atoms with E-state index in [-0.39, 0.29) is 5.92 Å². The molecule has 0 saturated heterocycles. The van der Waals surface area contributed by atoms with Crippen molar-refractivity contribution in [2.24, 2.45) is 0 Å². The summed E-state index contributed by atoms with van der Waals surface area (Å²) in [6.45, 7) is 0. The zero-order valence-corrected chi connectivity index (χ0v) is 31.7. The van der Waals surface area contributed by atoms with Crippen LogP contribution in [0.2, 0.25) is 0 Å². The normalized spacial score (nSPS) is 12.4. The van der Waals surface area contributed by atoms with Gasteiger partial charge in [0.15, 0.2) is 0 Å². The predicted octanol–water partition coefficient (Wildman–Crippen LogP) is 15.6. The highest BCUT2D eigenvalue weighted by atomic mass is 32.1. The first-order valence-corrected chi connectivity index (χ1v) is 20.5. The van der Waals surface area contributed by atoms with Crippen molar-refractivity contribution in [3.05, 3.63) is 211 Å². The molecular formula is C52H35NS2. The Bertz CT molecular complexity index is 3150. The van der Waals surface area contributed by atoms with Crippen LogP contribution in [0.4, 0.5) is 17.1 Å². The molecule has 260 valence electrons. The topological polar surface area (TPSA) is 3.24 Å². The van der Waals surface area contributed by atoms with E-state index >= 15 is 0 Å². The van der Waals surface area contributed by atoms with E-state index in [1.165, 1.54) is 78.6 Å². The Labute approximate surface area is 328 Å². The summed E-state index contributed by atoms with van der Waals surface area (Å²) in [4.78, 5) is 2.35. The Morgan fingerprint density at radius 3 is 1.73 bits per heavy atom. The smallest absolute Gasteiger partial charge is 0.0476 e. The monoisotopic (exact) mass is 737 g/mol. The molecule has 1 atom stereocenters. The van der Waals surface area contributed by atoms with Crippen LogP contribution in [0.25, 0.3) is 61.9 Å². The molecule has 0 aliphatic carbocycles. The van der Waals surface area contributed by atoms with Crippen LogP contribution in [0.1, 0.15) is 22.6 Å². The summed E-state index contributed by atoms with van der Waals surface area (Å²) >= 11 is 3.77. The van der Waals surface area contributed by atoms with E-state index < -0.39 is 0 Å². The molecule has 0 aliphatic rings. The Kier molecular flexibility index (Phi) is 7.75. The van der Waals surface area contributed by atoms with Gasteiger partial charge in [-0.05, 0) is 111 Å². The maximum Gasteiger partial charge on any atom is 0.0476 e. The summed E-state index contributed by atoms with van der Waals surface area (Å²) in [7, 11) is 0. The minimum Gasteiger partial charge on any atom is -0.310 e. The fourth-order valence-electron chi connectivity index (χ4n) is 8.55. The number of anilines is 3. The van der Waals surface area contributed by atoms with Crippen LogP contribution in [0.3, 0.4) is 0 Å². The summed E-state index contributed by atoms with van der Waals surface area (Å²) in [6.07, 6.45) is 0.917. The fraction of sp³-hybridized carbons (Fsp3) is 0.0385. The number of thiophene rings is 2. The molecule has 1 unspecified atom stereocenters. The number of hydrogen-bond donors (Lipinski definition) is 0. The minimum atomic E-state index is 0.184. The van der Waals surface area contributed by atoms with Crippen molar-refractivity contribution in [1.82, 2.24) is 0 Å². The predicted molar refractivity (Wildman–Crippen MR) is 240 cm³/mol. The highest BCUT2D eigenvalue weighted by Gasteiger charge is 2.20. The molecule has 2 aromatic heterocycles. The summed E-state index contributed by atoms with van der Waals surface area (Å²) in [5.74, 6) is 0.184. The van der Waals surface area contributed by atoms with Gasteiger partial charge in [0, 0.05) is 63.3 Å². The lowest BCUT2D eigenvalue weighted by molar-refractivity contribution is 0.809. The highest BCUT2D eigenvalue weighted by molar-refractivity contribution is 7.26. The SMILES string of the molecule is c1ccc(N(c2ccccc2)c2ccc3c(c2)sc2ccc(C(Cc4ccc5sc6ccccc6c5c4)c4ccc5c(ccc6ccccc65)c4)cc23)cc1. The summed E-state index contributed by atoms with van der Waals surface area (Å²) in [5.41, 5.74) is 7.52. The maximum absolute atomic E-state index is 2.48. The third-order valence-corrected chi connectivity index (χ3v) is 13.5. The van der Waals surface area contributed by atoms with Crippen molar-refractivity contribution in [2.45, 2.75) is 12.3 Å². The summed E-state index contributed by atoms with van der Waals surface area (Å²) < 4.78 is 5.31. The lowest BCUT2D eigenvalue weighted by atomic mass is 9.84. The van der Waals surface area contributed by atoms with Gasteiger partial charge in [0.1, 0.15) is 0 Å². The van der Waals surface area contributed by atoms with E-state index in [0.29, 0.717) is 0 Å². The first-order chi connectivity index (χ1) is 27.2. The Morgan fingerprint density at radius 2 is 0.909 bits per heavy atom. The lowest BCUT2D eigenvalue weighted by Crippen LogP contribution is -2.09. The molecule has 0 N–H and O–H groups in total. The molecular weight excluding hydrogens is 703 g/mol. The molecule has 0 aliphatic heterocycles. The molecule has 0 bridgehead atoms. The molecule has 2 heterocycles. The lowest BCUT2D eigenvalue weighted by Gasteiger charge is -2.25. The van der Waals surface area contributed by atoms with Crippen molar-refractivity contribution < 1.29 is 0 Å². The first-order valence-electron chi connectivity index (χ1n) is 18.9. The average Bonchev–Trinajstić information content (AvgIpc) is 3.81. The van der Waals surface area contributed by atoms with Crippen molar-refractivity contribution in [1.29, 1.82) is 0 Å². The molecule has 3 heteroatoms. The van der Waals surface area contributed by atoms with Crippen molar-refractivity contribution in [3.8, 4) is 0 Å². The summed E-state index contributed by atoms with van der Waals surface area (Å²) in [6, 6.07) is 71.9. The quantitative estimate of drug-likeness (QED) is 0.147. The molecule has 0 saturated carbocycles. The second-order valence-corrected chi connectivity index (χ2v) is 16.7. The van der Waals surface area contributed by atoms with Crippen molar-refractivity contribution in [3.63, 3.8) is 0 Å². The number of hydrogen-bond acceptors (Lipinski definition) is 3. The third kappa shape index (κ3) is 5.67. The average molecular weight is 738 g/mol. The van der Waals surface area contributed by atoms with Gasteiger partial charge in [-0.1, -0.05) is 127 Å². The van der Waals surface area contributed by atoms with Crippen LogP contribution in [0.5, 0.6) is 0 Å². The maximum atomic E-state index is 2.48. The van der Waals surface area contributed by atoms with Crippen LogP contribution in [0, 0.1) is 0 Å². The number of nitrogens with zero attached hydrogens (tertiary/aromatic N) is 1. The van der Waals surface area contributed by atoms with Gasteiger partial charge in [-0.25, -0.2) is 0 Å². The van der Waals surface area contributed by atoms with E-state index in [9.17, 15) is 0 Å². The second-order valence-electron chi connectivity index (χ2n) is 14.5. The molecule has 0 fully saturated rings. The van der Waals surface area contributed by atoms with Crippen LogP contribution in [-0.4, -0.2) is 0 Å². The van der Waals surface area contributed by atoms with Gasteiger partial charge in [0.05, 0.1) is 0 Å². The van der Waals surface area contributed by atoms with Gasteiger partial charge in [-0.15, -0.1) is 22.7 Å². The molecule has 0 radical (unpaired) electrons. The van der Waals surface area contributed by atoms with Crippen LogP contribution < -0.4 is 4.90 Å². The minimum absolute atomic E-state index is 0.184. The Balaban J connectivity index is 1.04. The molecule has 55 heavy (non-hydrogen) atoms. The standard InChI is InChI=1S/C52H35NS2/c1-3-12-39(13-4-1)53(40-14-5-2-6-15-40)41-24-26-45-48-32-38(23-28-51(48)55-52(45)33-41)46(29-34-19-27-50-47(30-34)44-17-9-10-18-49(44)54-50)37-22-25-43-36(31-37)21-20-35-11-7-8-16-42(35)43/h1-28,30-33,46H,29H2. The number of para-hydroxylation sites is 2. The number of rotatable bonds is 7. The van der Waals surface area contributed by atoms with E-state index in [2.05, 4.69) is 199 Å². The van der Waals surface area contributed by atoms with Crippen LogP contribution in [-0.2, 0) is 6.42 Å². The molecule has 0 amide bonds. The molecule has 11 aromatic rings. The fourth-order valence-corrected chi connectivity index (χ4v) is 10.8. The van der Waals surface area contributed by atoms with E-state index in [1.807, 2.05) is 22.7 Å². The number of fused-ring (bicyclic) bond motifs is 9. The van der Waals surface area contributed by atoms with Gasteiger partial charge < -0.3 is 4.90 Å². The third-order valence-electron chi connectivity index (χ3n) is 11.2. The molecule has 9 aromatic carbocycles. The van der Waals surface area contributed by atoms with Crippen molar-refractivity contribution >= 4 is 102 Å². The molecule has 0 spiro atoms. The highest BCUT2D eigenvalue weighted by Crippen LogP contribution is 2.43. The largest absolute Gasteiger partial charge is 0.310 e. The molecule has 1 nitrogen and oxygen atoms in total. The van der Waals surface area contributed by atoms with Crippen molar-refractivity contribution in [2.75, 3.05) is 4.90 Å². The Hall–Kier alpha value is -6.26. The zero-order chi connectivity index (χ0) is 36.3. The van der Waals surface area contributed by atoms with E-state index in [4.69, 9.17) is 0 Å². The van der Waals surface area contributed by atoms with E-state index in [0.717, 1.165) is 23.5 Å². The first kappa shape index (κ1) is 32.2. The zero-order valence-electron chi connectivity index (χ0n) is 30.0. The second kappa shape index (κ2) is 13.2. The van der Waals surface area contributed by atoms with Crippen LogP contribution in [0.15, 0.2) is 194 Å². The van der Waals surface area contributed by atoms with Gasteiger partial charge in [-0.3, -0.25) is 0 Å². The van der Waals surface area contributed by atoms with Crippen LogP contribution >= 0.6 is 22.7 Å². The summed E-state index contributed by atoms with van der Waals surface area (Å²) in [5, 5.41) is 10.5. The molecule has 11 rings (SSSR count). The number of benzene rings is 9.